The summed E-state index contributed by atoms with van der Waals surface area (Å²) in [5.41, 5.74) is 11.6. The molecule has 2 aliphatic rings. The second kappa shape index (κ2) is 20.9. The maximum atomic E-state index is 6.34. The highest BCUT2D eigenvalue weighted by Gasteiger charge is 2.39. The molecule has 370 valence electrons. The molecule has 0 saturated carbocycles. The van der Waals surface area contributed by atoms with E-state index in [1.807, 2.05) is 0 Å². The molecule has 0 radical (unpaired) electrons. The second-order valence-corrected chi connectivity index (χ2v) is 20.9. The standard InChI is InChI=1S/C68H64N2O4/c1-3-37-67(45-73-46-67)43-71-41-49-21-29-55(30-22-49)69(65-39-53-13-5-7-15-59(53)61-17-9-11-19-63(61)65)57-33-25-51(26-34-57)52-27-35-58(36-28-52)70(66-40-54-14-6-8-16-60(54)62-18-10-12-20-64(62)66)56-31-23-50(24-32-56)42-72-44-68(38-4-2)47-74-48-68/h5-36,39-40H,3-4,37-38,41-48H2,1-2H3. The number of hydrogen-bond acceptors (Lipinski definition) is 6. The summed E-state index contributed by atoms with van der Waals surface area (Å²) in [5.74, 6) is 0. The molecule has 0 bridgehead atoms. The van der Waals surface area contributed by atoms with Crippen molar-refractivity contribution in [2.45, 2.75) is 52.7 Å². The van der Waals surface area contributed by atoms with E-state index in [1.165, 1.54) is 43.1 Å². The molecule has 0 N–H and O–H groups in total. The van der Waals surface area contributed by atoms with Crippen molar-refractivity contribution in [1.29, 1.82) is 0 Å². The van der Waals surface area contributed by atoms with Gasteiger partial charge in [0, 0.05) is 44.4 Å². The Balaban J connectivity index is 0.866. The van der Waals surface area contributed by atoms with Crippen LogP contribution in [0.1, 0.15) is 50.7 Å². The number of fused-ring (bicyclic) bond motifs is 6. The topological polar surface area (TPSA) is 43.4 Å². The minimum Gasteiger partial charge on any atom is -0.380 e. The normalized spacial score (nSPS) is 14.8. The average molecular weight is 973 g/mol. The van der Waals surface area contributed by atoms with Crippen LogP contribution in [0, 0.1) is 10.8 Å². The molecular weight excluding hydrogens is 909 g/mol. The van der Waals surface area contributed by atoms with E-state index in [1.54, 1.807) is 0 Å². The SMILES string of the molecule is CCCC1(COCc2ccc(N(c3ccc(-c4ccc(N(c5ccc(COCC6(CCC)COC6)cc5)c5cc6ccccc6c6ccccc56)cc4)cc3)c3cc4ccccc4c4ccccc34)cc2)COC1. The molecule has 74 heavy (non-hydrogen) atoms. The third-order valence-electron chi connectivity index (χ3n) is 15.5. The van der Waals surface area contributed by atoms with Crippen LogP contribution >= 0.6 is 0 Å². The van der Waals surface area contributed by atoms with E-state index >= 15 is 0 Å². The summed E-state index contributed by atoms with van der Waals surface area (Å²) in [6.45, 7) is 10.3. The van der Waals surface area contributed by atoms with Gasteiger partial charge in [-0.3, -0.25) is 0 Å². The van der Waals surface area contributed by atoms with Crippen molar-refractivity contribution < 1.29 is 18.9 Å². The van der Waals surface area contributed by atoms with Crippen LogP contribution in [-0.4, -0.2) is 39.6 Å². The summed E-state index contributed by atoms with van der Waals surface area (Å²) < 4.78 is 23.9. The van der Waals surface area contributed by atoms with Gasteiger partial charge in [-0.2, -0.15) is 0 Å². The predicted molar refractivity (Wildman–Crippen MR) is 307 cm³/mol. The van der Waals surface area contributed by atoms with Crippen LogP contribution in [0.2, 0.25) is 0 Å². The van der Waals surface area contributed by atoms with E-state index in [-0.39, 0.29) is 10.8 Å². The second-order valence-electron chi connectivity index (χ2n) is 20.9. The van der Waals surface area contributed by atoms with Crippen LogP contribution in [0.4, 0.5) is 34.1 Å². The van der Waals surface area contributed by atoms with Crippen LogP contribution in [-0.2, 0) is 32.2 Å². The third kappa shape index (κ3) is 9.44. The van der Waals surface area contributed by atoms with Gasteiger partial charge in [0.05, 0.1) is 64.2 Å². The molecule has 10 aromatic rings. The van der Waals surface area contributed by atoms with Gasteiger partial charge in [0.25, 0.3) is 0 Å². The highest BCUT2D eigenvalue weighted by Crippen LogP contribution is 2.45. The fraction of sp³-hybridized carbons (Fsp3) is 0.235. The summed E-state index contributed by atoms with van der Waals surface area (Å²) >= 11 is 0. The molecule has 2 heterocycles. The monoisotopic (exact) mass is 972 g/mol. The minimum absolute atomic E-state index is 0.164. The third-order valence-corrected chi connectivity index (χ3v) is 15.5. The van der Waals surface area contributed by atoms with Gasteiger partial charge < -0.3 is 28.7 Å². The van der Waals surface area contributed by atoms with Crippen molar-refractivity contribution in [1.82, 2.24) is 0 Å². The van der Waals surface area contributed by atoms with Gasteiger partial charge in [0.2, 0.25) is 0 Å². The molecular formula is C68H64N2O4. The first kappa shape index (κ1) is 47.7. The maximum Gasteiger partial charge on any atom is 0.0717 e. The molecule has 6 heteroatoms. The van der Waals surface area contributed by atoms with Crippen molar-refractivity contribution in [3.05, 3.63) is 217 Å². The first-order valence-electron chi connectivity index (χ1n) is 26.6. The molecule has 0 aromatic heterocycles. The largest absolute Gasteiger partial charge is 0.380 e. The molecule has 0 spiro atoms. The van der Waals surface area contributed by atoms with Gasteiger partial charge in [-0.15, -0.1) is 0 Å². The number of ether oxygens (including phenoxy) is 4. The Bertz CT molecular complexity index is 3310. The molecule has 0 unspecified atom stereocenters. The van der Waals surface area contributed by atoms with Crippen molar-refractivity contribution in [2.24, 2.45) is 10.8 Å². The van der Waals surface area contributed by atoms with Crippen LogP contribution in [0.5, 0.6) is 0 Å². The fourth-order valence-corrected chi connectivity index (χ4v) is 11.6. The highest BCUT2D eigenvalue weighted by molar-refractivity contribution is 6.16. The van der Waals surface area contributed by atoms with Crippen molar-refractivity contribution >= 4 is 77.2 Å². The van der Waals surface area contributed by atoms with Gasteiger partial charge in [0.15, 0.2) is 0 Å². The quantitative estimate of drug-likeness (QED) is 0.0752. The fourth-order valence-electron chi connectivity index (χ4n) is 11.6. The predicted octanol–water partition coefficient (Wildman–Crippen LogP) is 17.6. The van der Waals surface area contributed by atoms with E-state index in [0.717, 1.165) is 122 Å². The number of anilines is 6. The summed E-state index contributed by atoms with van der Waals surface area (Å²) in [6.07, 6.45) is 4.55. The Hall–Kier alpha value is -7.32. The Morgan fingerprint density at radius 1 is 0.378 bits per heavy atom. The first-order valence-corrected chi connectivity index (χ1v) is 26.6. The average Bonchev–Trinajstić information content (AvgIpc) is 3.43. The van der Waals surface area contributed by atoms with Gasteiger partial charge >= 0.3 is 0 Å². The number of rotatable bonds is 19. The molecule has 2 fully saturated rings. The lowest BCUT2D eigenvalue weighted by molar-refractivity contribution is -0.155. The number of nitrogens with zero attached hydrogens (tertiary/aromatic N) is 2. The minimum atomic E-state index is 0.164. The Morgan fingerprint density at radius 2 is 0.703 bits per heavy atom. The van der Waals surface area contributed by atoms with Gasteiger partial charge in [-0.05, 0) is 128 Å². The molecule has 0 aliphatic carbocycles. The molecule has 10 aromatic carbocycles. The lowest BCUT2D eigenvalue weighted by atomic mass is 9.82. The number of benzene rings is 10. The molecule has 2 aliphatic heterocycles. The van der Waals surface area contributed by atoms with E-state index < -0.39 is 0 Å². The van der Waals surface area contributed by atoms with Crippen molar-refractivity contribution in [2.75, 3.05) is 49.4 Å². The van der Waals surface area contributed by atoms with Crippen molar-refractivity contribution in [3.8, 4) is 11.1 Å². The zero-order valence-corrected chi connectivity index (χ0v) is 42.6. The van der Waals surface area contributed by atoms with E-state index in [9.17, 15) is 0 Å². The van der Waals surface area contributed by atoms with E-state index in [2.05, 4.69) is 230 Å². The van der Waals surface area contributed by atoms with Crippen LogP contribution in [0.25, 0.3) is 54.2 Å². The van der Waals surface area contributed by atoms with Crippen LogP contribution < -0.4 is 9.80 Å². The molecule has 6 nitrogen and oxygen atoms in total. The summed E-state index contributed by atoms with van der Waals surface area (Å²) in [5, 5.41) is 9.79. The van der Waals surface area contributed by atoms with Crippen molar-refractivity contribution in [3.63, 3.8) is 0 Å². The summed E-state index contributed by atoms with van der Waals surface area (Å²) in [6, 6.07) is 75.6. The lowest BCUT2D eigenvalue weighted by Crippen LogP contribution is -2.46. The van der Waals surface area contributed by atoms with Gasteiger partial charge in [-0.1, -0.05) is 172 Å². The summed E-state index contributed by atoms with van der Waals surface area (Å²) in [4.78, 5) is 4.81. The molecule has 2 saturated heterocycles. The first-order chi connectivity index (χ1) is 36.5. The smallest absolute Gasteiger partial charge is 0.0717 e. The van der Waals surface area contributed by atoms with Gasteiger partial charge in [0.1, 0.15) is 0 Å². The Labute approximate surface area is 435 Å². The zero-order valence-electron chi connectivity index (χ0n) is 42.6. The summed E-state index contributed by atoms with van der Waals surface area (Å²) in [7, 11) is 0. The van der Waals surface area contributed by atoms with E-state index in [0.29, 0.717) is 13.2 Å². The Kier molecular flexibility index (Phi) is 13.5. The number of hydrogen-bond donors (Lipinski definition) is 0. The van der Waals surface area contributed by atoms with Gasteiger partial charge in [-0.25, -0.2) is 0 Å². The highest BCUT2D eigenvalue weighted by atomic mass is 16.5. The molecule has 0 atom stereocenters. The van der Waals surface area contributed by atoms with Crippen LogP contribution in [0.3, 0.4) is 0 Å². The van der Waals surface area contributed by atoms with E-state index in [4.69, 9.17) is 18.9 Å². The maximum absolute atomic E-state index is 6.34. The Morgan fingerprint density at radius 3 is 1.04 bits per heavy atom. The molecule has 0 amide bonds. The molecule has 12 rings (SSSR count). The zero-order chi connectivity index (χ0) is 49.9. The van der Waals surface area contributed by atoms with Crippen LogP contribution in [0.15, 0.2) is 206 Å². The lowest BCUT2D eigenvalue weighted by Gasteiger charge is -2.41.